The van der Waals surface area contributed by atoms with Crippen molar-refractivity contribution in [3.05, 3.63) is 95.1 Å². The van der Waals surface area contributed by atoms with Crippen LogP contribution in [0.4, 0.5) is 22.0 Å². The van der Waals surface area contributed by atoms with E-state index in [1.165, 1.54) is 0 Å². The molecule has 0 aromatic heterocycles. The van der Waals surface area contributed by atoms with Crippen molar-refractivity contribution < 1.29 is 31.5 Å². The topological polar surface area (TPSA) is 61.4 Å². The summed E-state index contributed by atoms with van der Waals surface area (Å²) in [4.78, 5) is 28.3. The first-order valence-electron chi connectivity index (χ1n) is 14.1. The van der Waals surface area contributed by atoms with Crippen LogP contribution >= 0.6 is 0 Å². The molecular formula is C32H32F5N3O2. The molecule has 0 atom stereocenters. The number of rotatable bonds is 9. The number of piperidine rings is 1. The van der Waals surface area contributed by atoms with Crippen LogP contribution in [0.5, 0.6) is 0 Å². The van der Waals surface area contributed by atoms with Crippen molar-refractivity contribution in [2.75, 3.05) is 26.2 Å². The van der Waals surface area contributed by atoms with Gasteiger partial charge in [0.05, 0.1) is 5.56 Å². The number of hydrogen-bond donors (Lipinski definition) is 2. The van der Waals surface area contributed by atoms with Crippen molar-refractivity contribution in [3.63, 3.8) is 0 Å². The number of nitrogens with zero attached hydrogens (tertiary/aromatic N) is 1. The lowest BCUT2D eigenvalue weighted by Gasteiger charge is -2.33. The highest BCUT2D eigenvalue weighted by atomic mass is 19.4. The fraction of sp³-hybridized carbons (Fsp3) is 0.375. The lowest BCUT2D eigenvalue weighted by Crippen LogP contribution is -2.47. The second kappa shape index (κ2) is 12.2. The van der Waals surface area contributed by atoms with E-state index in [0.29, 0.717) is 38.8 Å². The molecule has 0 radical (unpaired) electrons. The van der Waals surface area contributed by atoms with E-state index in [1.807, 2.05) is 48.5 Å². The van der Waals surface area contributed by atoms with Gasteiger partial charge in [-0.3, -0.25) is 9.59 Å². The van der Waals surface area contributed by atoms with Gasteiger partial charge in [-0.1, -0.05) is 55.0 Å². The number of benzene rings is 3. The molecule has 222 valence electrons. The van der Waals surface area contributed by atoms with Gasteiger partial charge >= 0.3 is 6.18 Å². The number of likely N-dealkylation sites (tertiary alicyclic amines) is 1. The molecular weight excluding hydrogens is 553 g/mol. The fourth-order valence-electron chi connectivity index (χ4n) is 6.25. The normalized spacial score (nSPS) is 16.5. The minimum atomic E-state index is -4.52. The third-order valence-electron chi connectivity index (χ3n) is 8.27. The maximum Gasteiger partial charge on any atom is 0.405 e. The Hall–Kier alpha value is -3.79. The monoisotopic (exact) mass is 585 g/mol. The summed E-state index contributed by atoms with van der Waals surface area (Å²) >= 11 is 0. The Balaban J connectivity index is 1.20. The first kappa shape index (κ1) is 29.7. The van der Waals surface area contributed by atoms with Gasteiger partial charge in [0, 0.05) is 19.1 Å². The zero-order valence-electron chi connectivity index (χ0n) is 22.9. The van der Waals surface area contributed by atoms with Crippen LogP contribution in [-0.4, -0.2) is 55.1 Å². The molecule has 42 heavy (non-hydrogen) atoms. The summed E-state index contributed by atoms with van der Waals surface area (Å²) < 4.78 is 66.6. The van der Waals surface area contributed by atoms with Crippen LogP contribution in [0.3, 0.4) is 0 Å². The van der Waals surface area contributed by atoms with Crippen LogP contribution in [0.15, 0.2) is 66.7 Å². The molecule has 5 rings (SSSR count). The van der Waals surface area contributed by atoms with Gasteiger partial charge < -0.3 is 15.5 Å². The lowest BCUT2D eigenvalue weighted by molar-refractivity contribution is -0.141. The molecule has 1 fully saturated rings. The summed E-state index contributed by atoms with van der Waals surface area (Å²) in [6, 6.07) is 17.4. The fourth-order valence-corrected chi connectivity index (χ4v) is 6.25. The van der Waals surface area contributed by atoms with Gasteiger partial charge in [0.1, 0.15) is 23.6 Å². The number of fused-ring (bicyclic) bond motifs is 3. The van der Waals surface area contributed by atoms with Crippen molar-refractivity contribution >= 4 is 11.8 Å². The molecule has 1 aliphatic carbocycles. The minimum absolute atomic E-state index is 0.163. The number of alkyl halides is 3. The van der Waals surface area contributed by atoms with Gasteiger partial charge in [-0.25, -0.2) is 8.78 Å². The number of nitrogens with one attached hydrogen (secondary N) is 2. The molecule has 1 saturated heterocycles. The van der Waals surface area contributed by atoms with Crippen molar-refractivity contribution in [1.29, 1.82) is 0 Å². The number of unbranched alkanes of at least 4 members (excludes halogenated alkanes) is 1. The highest BCUT2D eigenvalue weighted by Gasteiger charge is 2.49. The van der Waals surface area contributed by atoms with Crippen LogP contribution < -0.4 is 10.6 Å². The summed E-state index contributed by atoms with van der Waals surface area (Å²) in [5, 5.41) is 4.95. The third-order valence-corrected chi connectivity index (χ3v) is 8.27. The standard InChI is InChI=1S/C32H32F5N3O2/c33-21-11-12-28(34)25(19-21)29(41)39-22-13-17-40(18-14-22)16-6-5-15-31(30(42)38-20-32(35,36)37)26-9-3-1-7-23(26)24-8-2-4-10-27(24)31/h1-4,7-12,19,22H,5-6,13-18,20H2,(H,38,42)(H,39,41). The van der Waals surface area contributed by atoms with Crippen LogP contribution in [-0.2, 0) is 10.2 Å². The summed E-state index contributed by atoms with van der Waals surface area (Å²) in [7, 11) is 0. The van der Waals surface area contributed by atoms with Crippen LogP contribution in [0.1, 0.15) is 53.6 Å². The molecule has 0 saturated carbocycles. The number of halogens is 5. The maximum absolute atomic E-state index is 13.9. The summed E-state index contributed by atoms with van der Waals surface area (Å²) in [5.41, 5.74) is 1.62. The van der Waals surface area contributed by atoms with E-state index in [2.05, 4.69) is 15.5 Å². The Morgan fingerprint density at radius 3 is 2.12 bits per heavy atom. The highest BCUT2D eigenvalue weighted by Crippen LogP contribution is 2.51. The molecule has 2 amide bonds. The van der Waals surface area contributed by atoms with Crippen LogP contribution in [0, 0.1) is 11.6 Å². The Kier molecular flexibility index (Phi) is 8.63. The van der Waals surface area contributed by atoms with Crippen molar-refractivity contribution in [2.24, 2.45) is 0 Å². The van der Waals surface area contributed by atoms with Crippen molar-refractivity contribution in [1.82, 2.24) is 15.5 Å². The Morgan fingerprint density at radius 1 is 0.881 bits per heavy atom. The molecule has 1 heterocycles. The van der Waals surface area contributed by atoms with E-state index in [4.69, 9.17) is 0 Å². The van der Waals surface area contributed by atoms with E-state index < -0.39 is 41.6 Å². The van der Waals surface area contributed by atoms with E-state index in [9.17, 15) is 31.5 Å². The van der Waals surface area contributed by atoms with Gasteiger partial charge in [-0.2, -0.15) is 13.2 Å². The molecule has 1 aliphatic heterocycles. The molecule has 2 N–H and O–H groups in total. The summed E-state index contributed by atoms with van der Waals surface area (Å²) in [5.74, 6) is -2.75. The van der Waals surface area contributed by atoms with Crippen molar-refractivity contribution in [2.45, 2.75) is 49.7 Å². The van der Waals surface area contributed by atoms with Crippen LogP contribution in [0.2, 0.25) is 0 Å². The van der Waals surface area contributed by atoms with Gasteiger partial charge in [-0.05, 0) is 72.7 Å². The lowest BCUT2D eigenvalue weighted by atomic mass is 9.73. The minimum Gasteiger partial charge on any atom is -0.349 e. The maximum atomic E-state index is 13.9. The molecule has 3 aromatic rings. The number of carbonyl (C=O) groups excluding carboxylic acids is 2. The Bertz CT molecular complexity index is 1400. The Morgan fingerprint density at radius 2 is 1.50 bits per heavy atom. The smallest absolute Gasteiger partial charge is 0.349 e. The first-order valence-corrected chi connectivity index (χ1v) is 14.1. The summed E-state index contributed by atoms with van der Waals surface area (Å²) in [6.07, 6.45) is -1.54. The van der Waals surface area contributed by atoms with Crippen LogP contribution in [0.25, 0.3) is 11.1 Å². The zero-order valence-corrected chi connectivity index (χ0v) is 22.9. The molecule has 10 heteroatoms. The first-order chi connectivity index (χ1) is 20.1. The SMILES string of the molecule is O=C(NC1CCN(CCCCC2(C(=O)NCC(F)(F)F)c3ccccc3-c3ccccc32)CC1)c1cc(F)ccc1F. The molecule has 3 aromatic carbocycles. The van der Waals surface area contributed by atoms with Crippen molar-refractivity contribution in [3.8, 4) is 11.1 Å². The quantitative estimate of drug-likeness (QED) is 0.240. The van der Waals surface area contributed by atoms with E-state index in [-0.39, 0.29) is 11.6 Å². The predicted molar refractivity (Wildman–Crippen MR) is 149 cm³/mol. The summed E-state index contributed by atoms with van der Waals surface area (Å²) in [6.45, 7) is 0.719. The second-order valence-electron chi connectivity index (χ2n) is 11.0. The van der Waals surface area contributed by atoms with E-state index in [1.54, 1.807) is 0 Å². The highest BCUT2D eigenvalue weighted by molar-refractivity contribution is 6.00. The van der Waals surface area contributed by atoms with Gasteiger partial charge in [0.25, 0.3) is 5.91 Å². The second-order valence-corrected chi connectivity index (χ2v) is 11.0. The number of hydrogen-bond acceptors (Lipinski definition) is 3. The molecule has 0 bridgehead atoms. The average Bonchev–Trinajstić information content (AvgIpc) is 3.26. The van der Waals surface area contributed by atoms with Gasteiger partial charge in [0.15, 0.2) is 0 Å². The Labute approximate surface area is 241 Å². The zero-order chi connectivity index (χ0) is 29.9. The molecule has 0 spiro atoms. The molecule has 5 nitrogen and oxygen atoms in total. The largest absolute Gasteiger partial charge is 0.405 e. The van der Waals surface area contributed by atoms with Gasteiger partial charge in [0.2, 0.25) is 5.91 Å². The van der Waals surface area contributed by atoms with E-state index in [0.717, 1.165) is 53.4 Å². The number of amides is 2. The van der Waals surface area contributed by atoms with Gasteiger partial charge in [-0.15, -0.1) is 0 Å². The number of carbonyl (C=O) groups is 2. The third kappa shape index (κ3) is 6.18. The average molecular weight is 586 g/mol. The molecule has 0 unspecified atom stereocenters. The van der Waals surface area contributed by atoms with E-state index >= 15 is 0 Å². The molecule has 2 aliphatic rings. The predicted octanol–water partition coefficient (Wildman–Crippen LogP) is 5.97.